The molecule has 7 heteroatoms. The lowest BCUT2D eigenvalue weighted by Crippen LogP contribution is -2.29. The number of ketones is 1. The Morgan fingerprint density at radius 2 is 1.60 bits per heavy atom. The van der Waals surface area contributed by atoms with Gasteiger partial charge >= 0.3 is 0 Å². The van der Waals surface area contributed by atoms with Crippen LogP contribution in [-0.4, -0.2) is 28.3 Å². The largest absolute Gasteiger partial charge is 0.507 e. The zero-order chi connectivity index (χ0) is 25.1. The smallest absolute Gasteiger partial charge is 0.295 e. The van der Waals surface area contributed by atoms with Crippen molar-refractivity contribution >= 4 is 17.4 Å². The summed E-state index contributed by atoms with van der Waals surface area (Å²) < 4.78 is 32.8. The molecule has 1 heterocycles. The van der Waals surface area contributed by atoms with Crippen LogP contribution in [0.4, 0.5) is 8.78 Å². The molecule has 0 radical (unpaired) electrons. The van der Waals surface area contributed by atoms with Crippen LogP contribution in [-0.2, 0) is 16.1 Å². The van der Waals surface area contributed by atoms with Crippen LogP contribution >= 0.6 is 0 Å². The Morgan fingerprint density at radius 1 is 0.971 bits per heavy atom. The van der Waals surface area contributed by atoms with Crippen molar-refractivity contribution < 1.29 is 28.2 Å². The van der Waals surface area contributed by atoms with E-state index in [1.165, 1.54) is 53.4 Å². The molecule has 1 atom stereocenters. The van der Waals surface area contributed by atoms with E-state index in [0.29, 0.717) is 35.0 Å². The second-order valence-electron chi connectivity index (χ2n) is 8.84. The number of carbonyl (C=O) groups is 2. The molecule has 180 valence electrons. The molecule has 1 unspecified atom stereocenters. The van der Waals surface area contributed by atoms with E-state index in [2.05, 4.69) is 0 Å². The van der Waals surface area contributed by atoms with Gasteiger partial charge in [-0.15, -0.1) is 0 Å². The van der Waals surface area contributed by atoms with E-state index in [4.69, 9.17) is 4.74 Å². The zero-order valence-electron chi connectivity index (χ0n) is 19.4. The minimum absolute atomic E-state index is 0.00121. The van der Waals surface area contributed by atoms with Gasteiger partial charge in [0.25, 0.3) is 11.7 Å². The molecule has 0 aliphatic carbocycles. The van der Waals surface area contributed by atoms with Crippen LogP contribution in [0.1, 0.15) is 36.6 Å². The molecule has 3 aromatic carbocycles. The molecular formula is C28H25F2NO4. The van der Waals surface area contributed by atoms with Gasteiger partial charge in [-0.2, -0.15) is 0 Å². The molecule has 1 fully saturated rings. The summed E-state index contributed by atoms with van der Waals surface area (Å²) in [6.45, 7) is 4.49. The van der Waals surface area contributed by atoms with Crippen LogP contribution < -0.4 is 4.74 Å². The van der Waals surface area contributed by atoms with Gasteiger partial charge in [0.05, 0.1) is 18.2 Å². The highest BCUT2D eigenvalue weighted by atomic mass is 19.1. The van der Waals surface area contributed by atoms with Gasteiger partial charge in [-0.1, -0.05) is 50.2 Å². The maximum absolute atomic E-state index is 13.6. The first-order chi connectivity index (χ1) is 16.7. The molecular weight excluding hydrogens is 452 g/mol. The van der Waals surface area contributed by atoms with Gasteiger partial charge in [0.1, 0.15) is 23.1 Å². The Bertz CT molecular complexity index is 1270. The second-order valence-corrected chi connectivity index (χ2v) is 8.84. The highest BCUT2D eigenvalue weighted by Crippen LogP contribution is 2.40. The van der Waals surface area contributed by atoms with Gasteiger partial charge in [-0.25, -0.2) is 8.78 Å². The molecule has 4 rings (SSSR count). The van der Waals surface area contributed by atoms with Crippen molar-refractivity contribution in [2.75, 3.05) is 6.61 Å². The number of rotatable bonds is 7. The molecule has 0 bridgehead atoms. The number of hydrogen-bond donors (Lipinski definition) is 1. The van der Waals surface area contributed by atoms with Gasteiger partial charge in [0.15, 0.2) is 0 Å². The summed E-state index contributed by atoms with van der Waals surface area (Å²) in [5, 5.41) is 11.2. The number of carbonyl (C=O) groups excluding carboxylic acids is 2. The van der Waals surface area contributed by atoms with E-state index < -0.39 is 29.4 Å². The quantitative estimate of drug-likeness (QED) is 0.272. The average molecular weight is 478 g/mol. The first-order valence-electron chi connectivity index (χ1n) is 11.3. The number of nitrogens with zero attached hydrogens (tertiary/aromatic N) is 1. The molecule has 1 aliphatic rings. The second kappa shape index (κ2) is 10.1. The maximum atomic E-state index is 13.6. The molecule has 35 heavy (non-hydrogen) atoms. The molecule has 1 amide bonds. The van der Waals surface area contributed by atoms with E-state index in [0.717, 1.165) is 0 Å². The average Bonchev–Trinajstić information content (AvgIpc) is 3.09. The number of likely N-dealkylation sites (tertiary alicyclic amines) is 1. The number of Topliss-reactive ketones (excluding diaryl/α,β-unsaturated/α-hetero) is 1. The molecule has 1 N–H and O–H groups in total. The fourth-order valence-electron chi connectivity index (χ4n) is 3.97. The Labute approximate surface area is 202 Å². The lowest BCUT2D eigenvalue weighted by atomic mass is 9.95. The number of ether oxygens (including phenoxy) is 1. The molecule has 0 spiro atoms. The van der Waals surface area contributed by atoms with Crippen molar-refractivity contribution in [3.05, 3.63) is 107 Å². The monoisotopic (exact) mass is 477 g/mol. The standard InChI is InChI=1S/C28H25F2NO4/c1-17(2)16-35-23-5-3-4-20(14-23)26(32)24-25(19-8-12-22(30)13-9-19)31(28(34)27(24)33)15-18-6-10-21(29)11-7-18/h3-14,17,25,32H,15-16H2,1-2H3/b26-24-. The summed E-state index contributed by atoms with van der Waals surface area (Å²) in [6, 6.07) is 16.7. The molecule has 3 aromatic rings. The minimum Gasteiger partial charge on any atom is -0.507 e. The molecule has 5 nitrogen and oxygen atoms in total. The third-order valence-corrected chi connectivity index (χ3v) is 5.68. The van der Waals surface area contributed by atoms with Crippen molar-refractivity contribution in [3.63, 3.8) is 0 Å². The fourth-order valence-corrected chi connectivity index (χ4v) is 3.97. The SMILES string of the molecule is CC(C)COc1cccc(/C(O)=C2/C(=O)C(=O)N(Cc3ccc(F)cc3)C2c2ccc(F)cc2)c1. The highest BCUT2D eigenvalue weighted by molar-refractivity contribution is 6.46. The highest BCUT2D eigenvalue weighted by Gasteiger charge is 2.46. The van der Waals surface area contributed by atoms with E-state index >= 15 is 0 Å². The van der Waals surface area contributed by atoms with Crippen LogP contribution in [0.15, 0.2) is 78.4 Å². The van der Waals surface area contributed by atoms with Crippen LogP contribution in [0.3, 0.4) is 0 Å². The van der Waals surface area contributed by atoms with Crippen LogP contribution in [0.5, 0.6) is 5.75 Å². The predicted molar refractivity (Wildman–Crippen MR) is 127 cm³/mol. The minimum atomic E-state index is -0.958. The van der Waals surface area contributed by atoms with Gasteiger partial charge < -0.3 is 14.7 Å². The van der Waals surface area contributed by atoms with Gasteiger partial charge in [-0.3, -0.25) is 9.59 Å². The van der Waals surface area contributed by atoms with Crippen LogP contribution in [0.2, 0.25) is 0 Å². The van der Waals surface area contributed by atoms with Crippen molar-refractivity contribution in [3.8, 4) is 5.75 Å². The number of amides is 1. The van der Waals surface area contributed by atoms with E-state index in [1.807, 2.05) is 13.8 Å². The Balaban J connectivity index is 1.79. The Morgan fingerprint density at radius 3 is 2.23 bits per heavy atom. The van der Waals surface area contributed by atoms with Crippen LogP contribution in [0, 0.1) is 17.6 Å². The lowest BCUT2D eigenvalue weighted by Gasteiger charge is -2.25. The summed E-state index contributed by atoms with van der Waals surface area (Å²) in [7, 11) is 0. The predicted octanol–water partition coefficient (Wildman–Crippen LogP) is 5.62. The number of hydrogen-bond acceptors (Lipinski definition) is 4. The van der Waals surface area contributed by atoms with Crippen molar-refractivity contribution in [2.45, 2.75) is 26.4 Å². The van der Waals surface area contributed by atoms with Gasteiger partial charge in [0, 0.05) is 12.1 Å². The molecule has 1 aliphatic heterocycles. The number of halogens is 2. The first kappa shape index (κ1) is 24.1. The van der Waals surface area contributed by atoms with Gasteiger partial charge in [0.2, 0.25) is 0 Å². The van der Waals surface area contributed by atoms with E-state index in [-0.39, 0.29) is 17.9 Å². The van der Waals surface area contributed by atoms with E-state index in [9.17, 15) is 23.5 Å². The summed E-state index contributed by atoms with van der Waals surface area (Å²) in [5.74, 6) is -2.10. The summed E-state index contributed by atoms with van der Waals surface area (Å²) in [5.41, 5.74) is 1.27. The Hall–Kier alpha value is -4.00. The topological polar surface area (TPSA) is 66.8 Å². The summed E-state index contributed by atoms with van der Waals surface area (Å²) in [6.07, 6.45) is 0. The van der Waals surface area contributed by atoms with Crippen molar-refractivity contribution in [1.29, 1.82) is 0 Å². The zero-order valence-corrected chi connectivity index (χ0v) is 19.4. The van der Waals surface area contributed by atoms with Crippen molar-refractivity contribution in [2.24, 2.45) is 5.92 Å². The number of aliphatic hydroxyl groups is 1. The Kier molecular flexibility index (Phi) is 6.96. The van der Waals surface area contributed by atoms with Gasteiger partial charge in [-0.05, 0) is 53.4 Å². The number of aliphatic hydroxyl groups excluding tert-OH is 1. The summed E-state index contributed by atoms with van der Waals surface area (Å²) >= 11 is 0. The normalized spacial score (nSPS) is 17.3. The van der Waals surface area contributed by atoms with Crippen LogP contribution in [0.25, 0.3) is 5.76 Å². The van der Waals surface area contributed by atoms with E-state index in [1.54, 1.807) is 24.3 Å². The lowest BCUT2D eigenvalue weighted by molar-refractivity contribution is -0.140. The molecule has 0 aromatic heterocycles. The number of benzene rings is 3. The molecule has 1 saturated heterocycles. The molecule has 0 saturated carbocycles. The first-order valence-corrected chi connectivity index (χ1v) is 11.3. The fraction of sp³-hybridized carbons (Fsp3) is 0.214. The maximum Gasteiger partial charge on any atom is 0.295 e. The summed E-state index contributed by atoms with van der Waals surface area (Å²) in [4.78, 5) is 27.5. The van der Waals surface area contributed by atoms with Crippen molar-refractivity contribution in [1.82, 2.24) is 4.90 Å². The third-order valence-electron chi connectivity index (χ3n) is 5.68. The third kappa shape index (κ3) is 5.24.